The molecule has 0 aliphatic rings. The largest absolute Gasteiger partial charge is 0.468 e. The number of thioether (sulfide) groups is 1. The van der Waals surface area contributed by atoms with Gasteiger partial charge in [-0.2, -0.15) is 11.8 Å². The fraction of sp³-hybridized carbons (Fsp3) is 0.900. The van der Waals surface area contributed by atoms with Gasteiger partial charge in [0.2, 0.25) is 0 Å². The first kappa shape index (κ1) is 14.7. The average Bonchev–Trinajstić information content (AvgIpc) is 2.14. The van der Waals surface area contributed by atoms with E-state index in [9.17, 15) is 4.79 Å². The van der Waals surface area contributed by atoms with Gasteiger partial charge in [-0.3, -0.25) is 4.79 Å². The standard InChI is InChI=1S/C10H21NO3S/c1-10(2,3)14-5-6-15-7-8(11)9(12)13-4/h8H,5-7,11H2,1-4H3. The Kier molecular flexibility index (Phi) is 6.96. The van der Waals surface area contributed by atoms with E-state index in [0.29, 0.717) is 12.4 Å². The van der Waals surface area contributed by atoms with Crippen LogP contribution in [0, 0.1) is 0 Å². The smallest absolute Gasteiger partial charge is 0.323 e. The minimum absolute atomic E-state index is 0.106. The van der Waals surface area contributed by atoms with Crippen LogP contribution in [0.3, 0.4) is 0 Å². The van der Waals surface area contributed by atoms with Gasteiger partial charge in [0.05, 0.1) is 19.3 Å². The monoisotopic (exact) mass is 235 g/mol. The van der Waals surface area contributed by atoms with Gasteiger partial charge in [-0.1, -0.05) is 0 Å². The highest BCUT2D eigenvalue weighted by Crippen LogP contribution is 2.09. The van der Waals surface area contributed by atoms with Crippen molar-refractivity contribution in [2.45, 2.75) is 32.4 Å². The summed E-state index contributed by atoms with van der Waals surface area (Å²) in [7, 11) is 1.34. The van der Waals surface area contributed by atoms with Crippen molar-refractivity contribution in [2.24, 2.45) is 5.73 Å². The summed E-state index contributed by atoms with van der Waals surface area (Å²) in [6.45, 7) is 6.70. The van der Waals surface area contributed by atoms with Gasteiger partial charge in [0.15, 0.2) is 0 Å². The topological polar surface area (TPSA) is 61.5 Å². The summed E-state index contributed by atoms with van der Waals surface area (Å²) in [5, 5.41) is 0. The van der Waals surface area contributed by atoms with Gasteiger partial charge < -0.3 is 15.2 Å². The van der Waals surface area contributed by atoms with E-state index in [1.807, 2.05) is 20.8 Å². The molecule has 0 heterocycles. The second-order valence-corrected chi connectivity index (χ2v) is 5.32. The predicted octanol–water partition coefficient (Wildman–Crippen LogP) is 1.03. The van der Waals surface area contributed by atoms with Crippen molar-refractivity contribution in [1.29, 1.82) is 0 Å². The highest BCUT2D eigenvalue weighted by Gasteiger charge is 2.13. The van der Waals surface area contributed by atoms with Gasteiger partial charge in [-0.25, -0.2) is 0 Å². The SMILES string of the molecule is COC(=O)C(N)CSCCOC(C)(C)C. The lowest BCUT2D eigenvalue weighted by atomic mass is 10.2. The zero-order valence-electron chi connectivity index (χ0n) is 9.91. The number of carbonyl (C=O) groups is 1. The lowest BCUT2D eigenvalue weighted by Gasteiger charge is -2.19. The second kappa shape index (κ2) is 7.09. The van der Waals surface area contributed by atoms with E-state index in [0.717, 1.165) is 5.75 Å². The Balaban J connectivity index is 3.43. The first-order valence-corrected chi connectivity index (χ1v) is 6.07. The van der Waals surface area contributed by atoms with Gasteiger partial charge in [-0.05, 0) is 20.8 Å². The number of hydrogen-bond acceptors (Lipinski definition) is 5. The van der Waals surface area contributed by atoms with E-state index in [-0.39, 0.29) is 11.6 Å². The van der Waals surface area contributed by atoms with Crippen molar-refractivity contribution in [3.63, 3.8) is 0 Å². The van der Waals surface area contributed by atoms with Crippen molar-refractivity contribution < 1.29 is 14.3 Å². The van der Waals surface area contributed by atoms with E-state index in [1.54, 1.807) is 11.8 Å². The predicted molar refractivity (Wildman–Crippen MR) is 63.0 cm³/mol. The van der Waals surface area contributed by atoms with E-state index in [1.165, 1.54) is 7.11 Å². The lowest BCUT2D eigenvalue weighted by Crippen LogP contribution is -2.34. The van der Waals surface area contributed by atoms with Gasteiger partial charge in [0, 0.05) is 11.5 Å². The van der Waals surface area contributed by atoms with Crippen LogP contribution >= 0.6 is 11.8 Å². The van der Waals surface area contributed by atoms with E-state index in [4.69, 9.17) is 10.5 Å². The highest BCUT2D eigenvalue weighted by atomic mass is 32.2. The number of hydrogen-bond donors (Lipinski definition) is 1. The first-order valence-electron chi connectivity index (χ1n) is 4.92. The minimum Gasteiger partial charge on any atom is -0.468 e. The van der Waals surface area contributed by atoms with Crippen molar-refractivity contribution in [3.05, 3.63) is 0 Å². The molecule has 90 valence electrons. The van der Waals surface area contributed by atoms with Crippen LogP contribution in [0.15, 0.2) is 0 Å². The zero-order chi connectivity index (χ0) is 11.9. The van der Waals surface area contributed by atoms with Gasteiger partial charge in [0.25, 0.3) is 0 Å². The molecule has 2 N–H and O–H groups in total. The van der Waals surface area contributed by atoms with Crippen molar-refractivity contribution in [2.75, 3.05) is 25.2 Å². The van der Waals surface area contributed by atoms with E-state index in [2.05, 4.69) is 4.74 Å². The Bertz CT molecular complexity index is 192. The van der Waals surface area contributed by atoms with Gasteiger partial charge in [-0.15, -0.1) is 0 Å². The summed E-state index contributed by atoms with van der Waals surface area (Å²) in [6.07, 6.45) is 0. The van der Waals surface area contributed by atoms with Crippen LogP contribution in [0.25, 0.3) is 0 Å². The van der Waals surface area contributed by atoms with Crippen LogP contribution in [0.2, 0.25) is 0 Å². The summed E-state index contributed by atoms with van der Waals surface area (Å²) < 4.78 is 10.0. The maximum Gasteiger partial charge on any atom is 0.323 e. The molecule has 0 aromatic rings. The van der Waals surface area contributed by atoms with E-state index >= 15 is 0 Å². The summed E-state index contributed by atoms with van der Waals surface area (Å²) in [4.78, 5) is 10.9. The Morgan fingerprint density at radius 1 is 1.47 bits per heavy atom. The Labute approximate surface area is 95.9 Å². The molecule has 0 aliphatic heterocycles. The van der Waals surface area contributed by atoms with Crippen LogP contribution < -0.4 is 5.73 Å². The van der Waals surface area contributed by atoms with Crippen LogP contribution in [0.1, 0.15) is 20.8 Å². The molecular formula is C10H21NO3S. The number of carbonyl (C=O) groups excluding carboxylic acids is 1. The van der Waals surface area contributed by atoms with Crippen LogP contribution in [-0.4, -0.2) is 42.8 Å². The Morgan fingerprint density at radius 3 is 2.53 bits per heavy atom. The summed E-state index contributed by atoms with van der Waals surface area (Å²) in [5.41, 5.74) is 5.45. The fourth-order valence-corrected chi connectivity index (χ4v) is 1.59. The molecule has 0 radical (unpaired) electrons. The van der Waals surface area contributed by atoms with Crippen molar-refractivity contribution in [1.82, 2.24) is 0 Å². The quantitative estimate of drug-likeness (QED) is 0.550. The van der Waals surface area contributed by atoms with Gasteiger partial charge in [0.1, 0.15) is 6.04 Å². The molecule has 0 aliphatic carbocycles. The molecule has 0 spiro atoms. The van der Waals surface area contributed by atoms with E-state index < -0.39 is 6.04 Å². The summed E-state index contributed by atoms with van der Waals surface area (Å²) in [5.74, 6) is 1.04. The zero-order valence-corrected chi connectivity index (χ0v) is 10.7. The number of ether oxygens (including phenoxy) is 2. The average molecular weight is 235 g/mol. The maximum atomic E-state index is 10.9. The van der Waals surface area contributed by atoms with Crippen LogP contribution in [0.4, 0.5) is 0 Å². The normalized spacial score (nSPS) is 13.7. The second-order valence-electron chi connectivity index (χ2n) is 4.17. The summed E-state index contributed by atoms with van der Waals surface area (Å²) in [6, 6.07) is -0.533. The summed E-state index contributed by atoms with van der Waals surface area (Å²) >= 11 is 1.59. The Hall–Kier alpha value is -0.260. The third-order valence-electron chi connectivity index (χ3n) is 1.56. The molecule has 1 unspecified atom stereocenters. The Morgan fingerprint density at radius 2 is 2.07 bits per heavy atom. The molecule has 0 saturated heterocycles. The molecule has 15 heavy (non-hydrogen) atoms. The fourth-order valence-electron chi connectivity index (χ4n) is 0.836. The molecular weight excluding hydrogens is 214 g/mol. The molecule has 0 aromatic heterocycles. The van der Waals surface area contributed by atoms with Gasteiger partial charge >= 0.3 is 5.97 Å². The lowest BCUT2D eigenvalue weighted by molar-refractivity contribution is -0.141. The molecule has 0 rings (SSSR count). The number of esters is 1. The van der Waals surface area contributed by atoms with Crippen molar-refractivity contribution >= 4 is 17.7 Å². The highest BCUT2D eigenvalue weighted by molar-refractivity contribution is 7.99. The molecule has 4 nitrogen and oxygen atoms in total. The molecule has 0 saturated carbocycles. The van der Waals surface area contributed by atoms with Crippen molar-refractivity contribution in [3.8, 4) is 0 Å². The van der Waals surface area contributed by atoms with Crippen LogP contribution in [0.5, 0.6) is 0 Å². The molecule has 1 atom stereocenters. The first-order chi connectivity index (χ1) is 6.87. The third kappa shape index (κ3) is 8.72. The van der Waals surface area contributed by atoms with Crippen LogP contribution in [-0.2, 0) is 14.3 Å². The number of rotatable bonds is 6. The molecule has 0 aromatic carbocycles. The molecule has 0 amide bonds. The number of methoxy groups -OCH3 is 1. The molecule has 0 fully saturated rings. The number of nitrogens with two attached hydrogens (primary N) is 1. The maximum absolute atomic E-state index is 10.9. The molecule has 5 heteroatoms. The minimum atomic E-state index is -0.533. The molecule has 0 bridgehead atoms. The third-order valence-corrected chi connectivity index (χ3v) is 2.61.